The van der Waals surface area contributed by atoms with Crippen LogP contribution in [0.2, 0.25) is 0 Å². The number of nitrogens with one attached hydrogen (secondary N) is 1. The van der Waals surface area contributed by atoms with E-state index in [9.17, 15) is 4.79 Å². The second-order valence-electron chi connectivity index (χ2n) is 6.00. The number of amides is 1. The van der Waals surface area contributed by atoms with Crippen LogP contribution in [0.4, 0.5) is 11.4 Å². The first-order valence-electron chi connectivity index (χ1n) is 8.01. The Bertz CT molecular complexity index is 940. The number of halogens is 1. The molecule has 1 aliphatic rings. The van der Waals surface area contributed by atoms with Gasteiger partial charge in [-0.3, -0.25) is 14.7 Å². The van der Waals surface area contributed by atoms with Crippen LogP contribution in [0.15, 0.2) is 71.3 Å². The van der Waals surface area contributed by atoms with Gasteiger partial charge in [-0.15, -0.1) is 0 Å². The van der Waals surface area contributed by atoms with Crippen LogP contribution in [-0.4, -0.2) is 10.9 Å². The molecule has 0 fully saturated rings. The number of fused-ring (bicyclic) bond motifs is 1. The molecular formula is C20H16BrN3O. The Kier molecular flexibility index (Phi) is 4.01. The van der Waals surface area contributed by atoms with E-state index in [4.69, 9.17) is 0 Å². The van der Waals surface area contributed by atoms with Crippen molar-refractivity contribution in [1.82, 2.24) is 4.98 Å². The lowest BCUT2D eigenvalue weighted by atomic mass is 10.2. The molecule has 1 N–H and O–H groups in total. The number of aryl methyl sites for hydroxylation is 1. The molecule has 0 radical (unpaired) electrons. The van der Waals surface area contributed by atoms with Gasteiger partial charge in [0, 0.05) is 22.0 Å². The van der Waals surface area contributed by atoms with E-state index >= 15 is 0 Å². The third-order valence-corrected chi connectivity index (χ3v) is 4.74. The van der Waals surface area contributed by atoms with Gasteiger partial charge in [0.25, 0.3) is 5.91 Å². The fourth-order valence-electron chi connectivity index (χ4n) is 3.03. The summed E-state index contributed by atoms with van der Waals surface area (Å²) < 4.78 is 0.977. The number of pyridine rings is 1. The minimum Gasteiger partial charge on any atom is -0.360 e. The molecule has 3 aromatic rings. The number of anilines is 2. The number of nitrogens with zero attached hydrogens (tertiary/aromatic N) is 2. The van der Waals surface area contributed by atoms with Crippen molar-refractivity contribution in [2.45, 2.75) is 13.1 Å². The number of carbonyl (C=O) groups excluding carboxylic acids is 1. The summed E-state index contributed by atoms with van der Waals surface area (Å²) in [6, 6.07) is 19.5. The van der Waals surface area contributed by atoms with Gasteiger partial charge in [-0.05, 0) is 49.4 Å². The van der Waals surface area contributed by atoms with Gasteiger partial charge in [0.2, 0.25) is 0 Å². The van der Waals surface area contributed by atoms with E-state index in [0.717, 1.165) is 27.1 Å². The van der Waals surface area contributed by atoms with Gasteiger partial charge in [-0.1, -0.05) is 39.7 Å². The number of rotatable bonds is 3. The van der Waals surface area contributed by atoms with Crippen LogP contribution in [0.3, 0.4) is 0 Å². The maximum Gasteiger partial charge on any atom is 0.262 e. The predicted octanol–water partition coefficient (Wildman–Crippen LogP) is 4.92. The Morgan fingerprint density at radius 2 is 1.88 bits per heavy atom. The lowest BCUT2D eigenvalue weighted by Crippen LogP contribution is -2.32. The first-order chi connectivity index (χ1) is 12.1. The van der Waals surface area contributed by atoms with Crippen LogP contribution >= 0.6 is 15.9 Å². The van der Waals surface area contributed by atoms with Crippen LogP contribution < -0.4 is 10.2 Å². The molecule has 2 heterocycles. The largest absolute Gasteiger partial charge is 0.360 e. The summed E-state index contributed by atoms with van der Waals surface area (Å²) in [5, 5.41) is 3.44. The summed E-state index contributed by atoms with van der Waals surface area (Å²) in [4.78, 5) is 19.2. The van der Waals surface area contributed by atoms with Gasteiger partial charge in [0.15, 0.2) is 6.17 Å². The van der Waals surface area contributed by atoms with E-state index in [1.807, 2.05) is 61.5 Å². The summed E-state index contributed by atoms with van der Waals surface area (Å²) in [5.41, 5.74) is 4.30. The number of benzene rings is 2. The van der Waals surface area contributed by atoms with Crippen molar-refractivity contribution in [1.29, 1.82) is 0 Å². The van der Waals surface area contributed by atoms with Crippen molar-refractivity contribution < 1.29 is 4.79 Å². The second-order valence-corrected chi connectivity index (χ2v) is 6.92. The van der Waals surface area contributed by atoms with Crippen LogP contribution in [0.25, 0.3) is 0 Å². The zero-order valence-corrected chi connectivity index (χ0v) is 15.2. The molecule has 124 valence electrons. The Morgan fingerprint density at radius 1 is 1.08 bits per heavy atom. The zero-order valence-electron chi connectivity index (χ0n) is 13.6. The SMILES string of the molecule is Cc1ccc(N2C(=O)c3cccnc3[C@H]2Nc2cccc(Br)c2)cc1. The lowest BCUT2D eigenvalue weighted by molar-refractivity contribution is 0.0993. The third-order valence-electron chi connectivity index (χ3n) is 4.25. The molecule has 1 atom stereocenters. The maximum atomic E-state index is 13.0. The molecule has 0 aliphatic carbocycles. The topological polar surface area (TPSA) is 45.2 Å². The molecule has 0 unspecified atom stereocenters. The maximum absolute atomic E-state index is 13.0. The molecule has 1 aromatic heterocycles. The monoisotopic (exact) mass is 393 g/mol. The number of aromatic nitrogens is 1. The molecule has 1 aliphatic heterocycles. The highest BCUT2D eigenvalue weighted by atomic mass is 79.9. The van der Waals surface area contributed by atoms with Crippen molar-refractivity contribution in [3.63, 3.8) is 0 Å². The van der Waals surface area contributed by atoms with Gasteiger partial charge in [-0.2, -0.15) is 0 Å². The summed E-state index contributed by atoms with van der Waals surface area (Å²) in [6.45, 7) is 2.03. The molecule has 0 spiro atoms. The Balaban J connectivity index is 1.78. The van der Waals surface area contributed by atoms with Crippen LogP contribution in [0.1, 0.15) is 27.8 Å². The van der Waals surface area contributed by atoms with Crippen LogP contribution in [0.5, 0.6) is 0 Å². The fourth-order valence-corrected chi connectivity index (χ4v) is 3.43. The molecule has 25 heavy (non-hydrogen) atoms. The normalized spacial score (nSPS) is 16.0. The fraction of sp³-hybridized carbons (Fsp3) is 0.100. The highest BCUT2D eigenvalue weighted by molar-refractivity contribution is 9.10. The molecule has 5 heteroatoms. The van der Waals surface area contributed by atoms with Crippen LogP contribution in [-0.2, 0) is 0 Å². The third kappa shape index (κ3) is 2.91. The Hall–Kier alpha value is -2.66. The first-order valence-corrected chi connectivity index (χ1v) is 8.80. The number of hydrogen-bond acceptors (Lipinski definition) is 3. The molecule has 0 saturated carbocycles. The minimum absolute atomic E-state index is 0.0422. The second kappa shape index (κ2) is 6.33. The van der Waals surface area contributed by atoms with E-state index in [-0.39, 0.29) is 12.1 Å². The van der Waals surface area contributed by atoms with Gasteiger partial charge in [-0.25, -0.2) is 0 Å². The summed E-state index contributed by atoms with van der Waals surface area (Å²) in [6.07, 6.45) is 1.38. The van der Waals surface area contributed by atoms with Gasteiger partial charge in [0.05, 0.1) is 11.3 Å². The van der Waals surface area contributed by atoms with Crippen molar-refractivity contribution in [3.8, 4) is 0 Å². The zero-order chi connectivity index (χ0) is 17.4. The summed E-state index contributed by atoms with van der Waals surface area (Å²) in [7, 11) is 0. The molecule has 4 rings (SSSR count). The Morgan fingerprint density at radius 3 is 2.64 bits per heavy atom. The van der Waals surface area contributed by atoms with Crippen molar-refractivity contribution in [2.24, 2.45) is 0 Å². The van der Waals surface area contributed by atoms with Gasteiger partial charge < -0.3 is 5.32 Å². The van der Waals surface area contributed by atoms with E-state index < -0.39 is 0 Å². The molecule has 0 bridgehead atoms. The molecule has 1 amide bonds. The number of carbonyl (C=O) groups is 1. The Labute approximate surface area is 154 Å². The first kappa shape index (κ1) is 15.8. The van der Waals surface area contributed by atoms with Crippen molar-refractivity contribution >= 4 is 33.2 Å². The average Bonchev–Trinajstić information content (AvgIpc) is 2.89. The van der Waals surface area contributed by atoms with E-state index in [2.05, 4.69) is 26.2 Å². The van der Waals surface area contributed by atoms with E-state index in [0.29, 0.717) is 5.56 Å². The quantitative estimate of drug-likeness (QED) is 0.686. The smallest absolute Gasteiger partial charge is 0.262 e. The van der Waals surface area contributed by atoms with Gasteiger partial charge in [0.1, 0.15) is 0 Å². The molecule has 0 saturated heterocycles. The molecular weight excluding hydrogens is 378 g/mol. The number of hydrogen-bond donors (Lipinski definition) is 1. The highest BCUT2D eigenvalue weighted by Crippen LogP contribution is 2.37. The predicted molar refractivity (Wildman–Crippen MR) is 103 cm³/mol. The van der Waals surface area contributed by atoms with Crippen molar-refractivity contribution in [2.75, 3.05) is 10.2 Å². The van der Waals surface area contributed by atoms with Gasteiger partial charge >= 0.3 is 0 Å². The highest BCUT2D eigenvalue weighted by Gasteiger charge is 2.38. The molecule has 4 nitrogen and oxygen atoms in total. The average molecular weight is 394 g/mol. The van der Waals surface area contributed by atoms with E-state index in [1.165, 1.54) is 0 Å². The minimum atomic E-state index is -0.347. The van der Waals surface area contributed by atoms with Crippen LogP contribution in [0, 0.1) is 6.92 Å². The van der Waals surface area contributed by atoms with Crippen molar-refractivity contribution in [3.05, 3.63) is 88.2 Å². The molecule has 2 aromatic carbocycles. The lowest BCUT2D eigenvalue weighted by Gasteiger charge is -2.26. The van der Waals surface area contributed by atoms with E-state index in [1.54, 1.807) is 17.2 Å². The summed E-state index contributed by atoms with van der Waals surface area (Å²) >= 11 is 3.49. The standard InChI is InChI=1S/C20H16BrN3O/c1-13-7-9-16(10-8-13)24-19(23-15-5-2-4-14(21)12-15)18-17(20(24)25)6-3-11-22-18/h2-12,19,23H,1H3/t19-/m0/s1. The summed E-state index contributed by atoms with van der Waals surface area (Å²) in [5.74, 6) is -0.0422.